The number of terminal acetylenes is 1. The van der Waals surface area contributed by atoms with Crippen molar-refractivity contribution in [1.82, 2.24) is 4.98 Å². The van der Waals surface area contributed by atoms with Crippen LogP contribution < -0.4 is 0 Å². The maximum absolute atomic E-state index is 5.78. The zero-order valence-corrected chi connectivity index (χ0v) is 12.0. The molecule has 0 bridgehead atoms. The molecule has 102 valence electrons. The van der Waals surface area contributed by atoms with Crippen molar-refractivity contribution >= 4 is 21.7 Å². The third-order valence-electron chi connectivity index (χ3n) is 3.92. The Bertz CT molecular complexity index is 1020. The van der Waals surface area contributed by atoms with Crippen LogP contribution in [0.15, 0.2) is 72.8 Å². The summed E-state index contributed by atoms with van der Waals surface area (Å²) in [6, 6.07) is 24.5. The number of fused-ring (bicyclic) bond motifs is 3. The van der Waals surface area contributed by atoms with Gasteiger partial charge in [0.25, 0.3) is 0 Å². The van der Waals surface area contributed by atoms with E-state index in [2.05, 4.69) is 36.3 Å². The van der Waals surface area contributed by atoms with Crippen molar-refractivity contribution in [1.29, 1.82) is 0 Å². The zero-order valence-electron chi connectivity index (χ0n) is 12.0. The fourth-order valence-corrected chi connectivity index (χ4v) is 2.88. The van der Waals surface area contributed by atoms with E-state index in [1.54, 1.807) is 0 Å². The average molecular weight is 279 g/mol. The molecule has 0 N–H and O–H groups in total. The Kier molecular flexibility index (Phi) is 2.88. The van der Waals surface area contributed by atoms with Gasteiger partial charge in [-0.1, -0.05) is 66.6 Å². The van der Waals surface area contributed by atoms with Gasteiger partial charge in [0.2, 0.25) is 0 Å². The topological polar surface area (TPSA) is 12.9 Å². The van der Waals surface area contributed by atoms with Crippen molar-refractivity contribution in [2.75, 3.05) is 0 Å². The number of aromatic nitrogens is 1. The minimum absolute atomic E-state index is 0.889. The van der Waals surface area contributed by atoms with Gasteiger partial charge in [0.1, 0.15) is 0 Å². The van der Waals surface area contributed by atoms with Crippen LogP contribution in [0.5, 0.6) is 0 Å². The smallest absolute Gasteiger partial charge is 0.0728 e. The summed E-state index contributed by atoms with van der Waals surface area (Å²) >= 11 is 0. The summed E-state index contributed by atoms with van der Waals surface area (Å²) < 4.78 is 0. The highest BCUT2D eigenvalue weighted by atomic mass is 14.7. The van der Waals surface area contributed by atoms with Crippen LogP contribution in [-0.2, 0) is 0 Å². The monoisotopic (exact) mass is 279 g/mol. The molecule has 1 heteroatoms. The Morgan fingerprint density at radius 3 is 2.41 bits per heavy atom. The van der Waals surface area contributed by atoms with E-state index in [9.17, 15) is 0 Å². The predicted molar refractivity (Wildman–Crippen MR) is 92.6 cm³/mol. The lowest BCUT2D eigenvalue weighted by Gasteiger charge is -2.09. The average Bonchev–Trinajstić information content (AvgIpc) is 2.61. The minimum atomic E-state index is 0.889. The van der Waals surface area contributed by atoms with E-state index in [4.69, 9.17) is 11.4 Å². The first kappa shape index (κ1) is 12.6. The number of rotatable bonds is 1. The molecule has 0 aliphatic carbocycles. The molecule has 4 rings (SSSR count). The summed E-state index contributed by atoms with van der Waals surface area (Å²) in [5.74, 6) is 2.83. The van der Waals surface area contributed by atoms with Crippen molar-refractivity contribution in [2.45, 2.75) is 0 Å². The molecular weight excluding hydrogens is 266 g/mol. The first-order chi connectivity index (χ1) is 10.9. The molecule has 3 aromatic carbocycles. The molecule has 0 spiro atoms. The number of pyridine rings is 1. The van der Waals surface area contributed by atoms with Gasteiger partial charge in [0.15, 0.2) is 0 Å². The third kappa shape index (κ3) is 1.94. The van der Waals surface area contributed by atoms with Gasteiger partial charge in [0, 0.05) is 16.5 Å². The quantitative estimate of drug-likeness (QED) is 0.351. The summed E-state index contributed by atoms with van der Waals surface area (Å²) in [4.78, 5) is 4.81. The standard InChI is InChI=1S/C21H13N/c1-2-15-14-20(17-9-4-3-5-10-17)22-19-13-12-16-8-6-7-11-18(16)21(15)19/h1,3-14H. The van der Waals surface area contributed by atoms with Crippen LogP contribution in [0, 0.1) is 12.3 Å². The Labute approximate surface area is 129 Å². The number of benzene rings is 3. The van der Waals surface area contributed by atoms with Crippen LogP contribution in [-0.4, -0.2) is 4.98 Å². The maximum Gasteiger partial charge on any atom is 0.0728 e. The van der Waals surface area contributed by atoms with E-state index in [1.807, 2.05) is 42.5 Å². The Morgan fingerprint density at radius 2 is 1.59 bits per heavy atom. The minimum Gasteiger partial charge on any atom is -0.248 e. The summed E-state index contributed by atoms with van der Waals surface area (Å²) in [7, 11) is 0. The molecular formula is C21H13N. The molecule has 1 nitrogen and oxygen atoms in total. The summed E-state index contributed by atoms with van der Waals surface area (Å²) in [6.07, 6.45) is 5.78. The van der Waals surface area contributed by atoms with E-state index in [0.717, 1.165) is 33.1 Å². The molecule has 0 aliphatic heterocycles. The first-order valence-corrected chi connectivity index (χ1v) is 7.21. The molecule has 1 heterocycles. The molecule has 0 unspecified atom stereocenters. The Balaban J connectivity index is 2.10. The van der Waals surface area contributed by atoms with Gasteiger partial charge >= 0.3 is 0 Å². The van der Waals surface area contributed by atoms with Gasteiger partial charge in [-0.05, 0) is 22.9 Å². The van der Waals surface area contributed by atoms with Crippen LogP contribution in [0.2, 0.25) is 0 Å². The van der Waals surface area contributed by atoms with Crippen molar-refractivity contribution in [2.24, 2.45) is 0 Å². The normalized spacial score (nSPS) is 10.7. The highest BCUT2D eigenvalue weighted by Crippen LogP contribution is 2.30. The number of nitrogens with zero attached hydrogens (tertiary/aromatic N) is 1. The molecule has 0 saturated heterocycles. The lowest BCUT2D eigenvalue weighted by atomic mass is 9.99. The van der Waals surface area contributed by atoms with E-state index in [0.29, 0.717) is 0 Å². The van der Waals surface area contributed by atoms with Crippen LogP contribution in [0.3, 0.4) is 0 Å². The number of hydrogen-bond acceptors (Lipinski definition) is 1. The summed E-state index contributed by atoms with van der Waals surface area (Å²) in [5.41, 5.74) is 3.82. The molecule has 0 amide bonds. The molecule has 0 saturated carbocycles. The molecule has 0 atom stereocenters. The van der Waals surface area contributed by atoms with Gasteiger partial charge < -0.3 is 0 Å². The van der Waals surface area contributed by atoms with Crippen molar-refractivity contribution in [3.05, 3.63) is 78.4 Å². The van der Waals surface area contributed by atoms with Gasteiger partial charge in [-0.2, -0.15) is 0 Å². The van der Waals surface area contributed by atoms with Crippen LogP contribution in [0.1, 0.15) is 5.56 Å². The Morgan fingerprint density at radius 1 is 0.818 bits per heavy atom. The lowest BCUT2D eigenvalue weighted by Crippen LogP contribution is -1.90. The predicted octanol–water partition coefficient (Wildman–Crippen LogP) is 5.04. The van der Waals surface area contributed by atoms with Crippen LogP contribution in [0.4, 0.5) is 0 Å². The second-order valence-corrected chi connectivity index (χ2v) is 5.25. The lowest BCUT2D eigenvalue weighted by molar-refractivity contribution is 1.40. The molecule has 0 fully saturated rings. The summed E-state index contributed by atoms with van der Waals surface area (Å²) in [5, 5.41) is 3.39. The van der Waals surface area contributed by atoms with Crippen molar-refractivity contribution in [3.8, 4) is 23.6 Å². The fourth-order valence-electron chi connectivity index (χ4n) is 2.88. The van der Waals surface area contributed by atoms with Crippen molar-refractivity contribution < 1.29 is 0 Å². The SMILES string of the molecule is C#Cc1cc(-c2ccccc2)nc2ccc3ccccc3c12. The third-order valence-corrected chi connectivity index (χ3v) is 3.92. The van der Waals surface area contributed by atoms with Crippen LogP contribution >= 0.6 is 0 Å². The van der Waals surface area contributed by atoms with E-state index in [1.165, 1.54) is 5.39 Å². The summed E-state index contributed by atoms with van der Waals surface area (Å²) in [6.45, 7) is 0. The number of hydrogen-bond donors (Lipinski definition) is 0. The Hall–Kier alpha value is -3.11. The van der Waals surface area contributed by atoms with E-state index in [-0.39, 0.29) is 0 Å². The van der Waals surface area contributed by atoms with Gasteiger partial charge in [-0.3, -0.25) is 0 Å². The maximum atomic E-state index is 5.78. The molecule has 22 heavy (non-hydrogen) atoms. The largest absolute Gasteiger partial charge is 0.248 e. The second kappa shape index (κ2) is 5.02. The van der Waals surface area contributed by atoms with E-state index >= 15 is 0 Å². The van der Waals surface area contributed by atoms with Crippen LogP contribution in [0.25, 0.3) is 32.9 Å². The van der Waals surface area contributed by atoms with Crippen molar-refractivity contribution in [3.63, 3.8) is 0 Å². The highest BCUT2D eigenvalue weighted by Gasteiger charge is 2.09. The van der Waals surface area contributed by atoms with Gasteiger partial charge in [-0.25, -0.2) is 4.98 Å². The molecule has 0 aliphatic rings. The molecule has 1 aromatic heterocycles. The second-order valence-electron chi connectivity index (χ2n) is 5.25. The first-order valence-electron chi connectivity index (χ1n) is 7.21. The molecule has 0 radical (unpaired) electrons. The zero-order chi connectivity index (χ0) is 14.9. The fraction of sp³-hybridized carbons (Fsp3) is 0. The van der Waals surface area contributed by atoms with Gasteiger partial charge in [0.05, 0.1) is 11.2 Å². The van der Waals surface area contributed by atoms with Gasteiger partial charge in [-0.15, -0.1) is 6.42 Å². The van der Waals surface area contributed by atoms with E-state index < -0.39 is 0 Å². The molecule has 4 aromatic rings. The highest BCUT2D eigenvalue weighted by molar-refractivity contribution is 6.09.